The topological polar surface area (TPSA) is 94.2 Å². The molecule has 5 heterocycles. The van der Waals surface area contributed by atoms with Crippen molar-refractivity contribution in [2.24, 2.45) is 5.41 Å². The third-order valence-corrected chi connectivity index (χ3v) is 7.14. The van der Waals surface area contributed by atoms with Crippen LogP contribution in [0.3, 0.4) is 0 Å². The number of aromatic amines is 1. The highest BCUT2D eigenvalue weighted by Gasteiger charge is 2.43. The van der Waals surface area contributed by atoms with E-state index in [0.717, 1.165) is 67.0 Å². The second-order valence-corrected chi connectivity index (χ2v) is 9.37. The Morgan fingerprint density at radius 1 is 1.15 bits per heavy atom. The van der Waals surface area contributed by atoms with Crippen molar-refractivity contribution in [1.82, 2.24) is 25.2 Å². The minimum Gasteiger partial charge on any atom is -0.370 e. The number of fused-ring (bicyclic) bond motifs is 1. The Kier molecular flexibility index (Phi) is 5.62. The van der Waals surface area contributed by atoms with E-state index < -0.39 is 0 Å². The van der Waals surface area contributed by atoms with E-state index in [2.05, 4.69) is 36.1 Å². The molecular formula is C25H30N6O2. The van der Waals surface area contributed by atoms with E-state index in [4.69, 9.17) is 0 Å². The maximum absolute atomic E-state index is 12.2. The summed E-state index contributed by atoms with van der Waals surface area (Å²) in [7, 11) is 1.61. The molecule has 2 N–H and O–H groups in total. The highest BCUT2D eigenvalue weighted by Crippen LogP contribution is 2.41. The molecule has 1 atom stereocenters. The van der Waals surface area contributed by atoms with Crippen LogP contribution < -0.4 is 15.8 Å². The summed E-state index contributed by atoms with van der Waals surface area (Å²) in [4.78, 5) is 40.7. The van der Waals surface area contributed by atoms with Gasteiger partial charge in [-0.1, -0.05) is 6.92 Å². The fourth-order valence-corrected chi connectivity index (χ4v) is 5.26. The maximum Gasteiger partial charge on any atom is 0.269 e. The number of carbonyl (C=O) groups is 1. The Hall–Kier alpha value is -3.26. The number of anilines is 1. The largest absolute Gasteiger partial charge is 0.370 e. The highest BCUT2D eigenvalue weighted by molar-refractivity contribution is 5.92. The molecule has 3 aromatic rings. The number of H-pyrrole nitrogens is 1. The first-order valence-electron chi connectivity index (χ1n) is 11.6. The van der Waals surface area contributed by atoms with E-state index in [1.807, 2.05) is 31.5 Å². The summed E-state index contributed by atoms with van der Waals surface area (Å²) >= 11 is 0. The van der Waals surface area contributed by atoms with Crippen LogP contribution in [-0.2, 0) is 13.0 Å². The average molecular weight is 447 g/mol. The van der Waals surface area contributed by atoms with E-state index in [1.165, 1.54) is 6.42 Å². The molecule has 5 rings (SSSR count). The van der Waals surface area contributed by atoms with Crippen LogP contribution in [0.25, 0.3) is 11.0 Å². The van der Waals surface area contributed by atoms with Crippen molar-refractivity contribution in [3.05, 3.63) is 63.8 Å². The molecule has 2 saturated heterocycles. The molecule has 0 bridgehead atoms. The lowest BCUT2D eigenvalue weighted by molar-refractivity contribution is 0.0958. The monoisotopic (exact) mass is 446 g/mol. The number of aromatic nitrogens is 3. The van der Waals surface area contributed by atoms with Crippen LogP contribution in [0.15, 0.2) is 41.5 Å². The van der Waals surface area contributed by atoms with Crippen LogP contribution in [0, 0.1) is 5.41 Å². The molecule has 3 aromatic heterocycles. The van der Waals surface area contributed by atoms with Crippen molar-refractivity contribution in [1.29, 1.82) is 0 Å². The third kappa shape index (κ3) is 4.23. The molecule has 2 aliphatic rings. The zero-order valence-corrected chi connectivity index (χ0v) is 19.2. The van der Waals surface area contributed by atoms with Gasteiger partial charge in [-0.25, -0.2) is 4.98 Å². The fourth-order valence-electron chi connectivity index (χ4n) is 5.26. The Morgan fingerprint density at radius 2 is 2.00 bits per heavy atom. The highest BCUT2D eigenvalue weighted by atomic mass is 16.1. The zero-order chi connectivity index (χ0) is 23.0. The number of aryl methyl sites for hydroxylation is 1. The average Bonchev–Trinajstić information content (AvgIpc) is 3.44. The predicted molar refractivity (Wildman–Crippen MR) is 129 cm³/mol. The molecule has 33 heavy (non-hydrogen) atoms. The van der Waals surface area contributed by atoms with Crippen LogP contribution in [-0.4, -0.2) is 59.0 Å². The minimum absolute atomic E-state index is 0.0204. The molecule has 0 saturated carbocycles. The van der Waals surface area contributed by atoms with Crippen LogP contribution in [0.4, 0.5) is 5.69 Å². The molecule has 0 aliphatic carbocycles. The van der Waals surface area contributed by atoms with Gasteiger partial charge in [0.05, 0.1) is 22.9 Å². The van der Waals surface area contributed by atoms with Gasteiger partial charge >= 0.3 is 0 Å². The van der Waals surface area contributed by atoms with Gasteiger partial charge in [-0.05, 0) is 55.6 Å². The first-order valence-corrected chi connectivity index (χ1v) is 11.6. The van der Waals surface area contributed by atoms with E-state index in [9.17, 15) is 9.59 Å². The first kappa shape index (κ1) is 21.6. The Balaban J connectivity index is 1.24. The number of hydrogen-bond donors (Lipinski definition) is 2. The smallest absolute Gasteiger partial charge is 0.269 e. The van der Waals surface area contributed by atoms with Crippen molar-refractivity contribution < 1.29 is 4.79 Å². The molecule has 2 aliphatic heterocycles. The lowest BCUT2D eigenvalue weighted by atomic mass is 9.86. The number of likely N-dealkylation sites (tertiary alicyclic amines) is 1. The first-order chi connectivity index (χ1) is 16.0. The Bertz CT molecular complexity index is 1240. The number of nitrogens with zero attached hydrogens (tertiary/aromatic N) is 4. The van der Waals surface area contributed by atoms with E-state index >= 15 is 0 Å². The lowest BCUT2D eigenvalue weighted by Crippen LogP contribution is -2.31. The van der Waals surface area contributed by atoms with Crippen LogP contribution in [0.5, 0.6) is 0 Å². The summed E-state index contributed by atoms with van der Waals surface area (Å²) in [6.45, 7) is 6.95. The molecular weight excluding hydrogens is 416 g/mol. The third-order valence-electron chi connectivity index (χ3n) is 7.14. The molecule has 1 unspecified atom stereocenters. The lowest BCUT2D eigenvalue weighted by Gasteiger charge is -2.25. The molecule has 0 radical (unpaired) electrons. The maximum atomic E-state index is 12.2. The molecule has 1 spiro atoms. The van der Waals surface area contributed by atoms with Crippen LogP contribution in [0.1, 0.15) is 41.4 Å². The summed E-state index contributed by atoms with van der Waals surface area (Å²) in [6, 6.07) is 7.75. The van der Waals surface area contributed by atoms with Crippen molar-refractivity contribution in [3.63, 3.8) is 0 Å². The quantitative estimate of drug-likeness (QED) is 0.625. The van der Waals surface area contributed by atoms with E-state index in [1.54, 1.807) is 13.1 Å². The SMILES string of the molecule is CCc1cc2ncc(CN3CCC4(CCN(c5ccc(C(=O)NC)nc5)C4)C3)cc2[nH]c1=O. The summed E-state index contributed by atoms with van der Waals surface area (Å²) in [5.41, 5.74) is 5.34. The number of pyridine rings is 3. The fraction of sp³-hybridized carbons (Fsp3) is 0.440. The molecule has 1 amide bonds. The summed E-state index contributed by atoms with van der Waals surface area (Å²) in [5.74, 6) is -0.163. The number of hydrogen-bond acceptors (Lipinski definition) is 6. The number of nitrogens with one attached hydrogen (secondary N) is 2. The zero-order valence-electron chi connectivity index (χ0n) is 19.2. The van der Waals surface area contributed by atoms with Crippen molar-refractivity contribution in [2.75, 3.05) is 38.1 Å². The Morgan fingerprint density at radius 3 is 2.76 bits per heavy atom. The van der Waals surface area contributed by atoms with Gasteiger partial charge < -0.3 is 15.2 Å². The second kappa shape index (κ2) is 8.59. The molecule has 2 fully saturated rings. The number of rotatable bonds is 5. The van der Waals surface area contributed by atoms with Gasteiger partial charge in [-0.3, -0.25) is 19.5 Å². The summed E-state index contributed by atoms with van der Waals surface area (Å²) < 4.78 is 0. The molecule has 8 heteroatoms. The van der Waals surface area contributed by atoms with Crippen molar-refractivity contribution in [3.8, 4) is 0 Å². The van der Waals surface area contributed by atoms with Crippen LogP contribution >= 0.6 is 0 Å². The molecule has 172 valence electrons. The van der Waals surface area contributed by atoms with Crippen LogP contribution in [0.2, 0.25) is 0 Å². The molecule has 8 nitrogen and oxygen atoms in total. The Labute approximate surface area is 193 Å². The van der Waals surface area contributed by atoms with Gasteiger partial charge in [-0.15, -0.1) is 0 Å². The van der Waals surface area contributed by atoms with Gasteiger partial charge in [0.2, 0.25) is 0 Å². The normalized spacial score (nSPS) is 20.7. The van der Waals surface area contributed by atoms with Gasteiger partial charge in [0.25, 0.3) is 11.5 Å². The summed E-state index contributed by atoms with van der Waals surface area (Å²) in [5, 5.41) is 2.61. The van der Waals surface area contributed by atoms with Crippen molar-refractivity contribution >= 4 is 22.6 Å². The van der Waals surface area contributed by atoms with E-state index in [-0.39, 0.29) is 16.9 Å². The molecule has 0 aromatic carbocycles. The van der Waals surface area contributed by atoms with Gasteiger partial charge in [-0.2, -0.15) is 0 Å². The van der Waals surface area contributed by atoms with Gasteiger partial charge in [0, 0.05) is 50.4 Å². The standard InChI is InChI=1S/C25H30N6O2/c1-3-18-11-21-22(29-23(18)32)10-17(12-27-21)14-30-8-6-25(15-30)7-9-31(16-25)19-4-5-20(28-13-19)24(33)26-2/h4-5,10-13H,3,6-9,14-16H2,1-2H3,(H,26,33)(H,29,32). The van der Waals surface area contributed by atoms with Gasteiger partial charge in [0.15, 0.2) is 0 Å². The number of carbonyl (C=O) groups excluding carboxylic acids is 1. The second-order valence-electron chi connectivity index (χ2n) is 9.37. The summed E-state index contributed by atoms with van der Waals surface area (Å²) in [6.07, 6.45) is 6.78. The predicted octanol–water partition coefficient (Wildman–Crippen LogP) is 2.34. The van der Waals surface area contributed by atoms with Crippen molar-refractivity contribution in [2.45, 2.75) is 32.7 Å². The minimum atomic E-state index is -0.163. The number of amides is 1. The van der Waals surface area contributed by atoms with E-state index in [0.29, 0.717) is 12.1 Å². The van der Waals surface area contributed by atoms with Gasteiger partial charge in [0.1, 0.15) is 5.69 Å².